The summed E-state index contributed by atoms with van der Waals surface area (Å²) < 4.78 is 0. The minimum atomic E-state index is -0.360. The van der Waals surface area contributed by atoms with Crippen LogP contribution < -0.4 is 10.7 Å². The quantitative estimate of drug-likeness (QED) is 0.554. The highest BCUT2D eigenvalue weighted by molar-refractivity contribution is 6.33. The molecule has 0 aromatic heterocycles. The molecular formula is C17H16ClN3O3. The van der Waals surface area contributed by atoms with Gasteiger partial charge in [-0.25, -0.2) is 5.43 Å². The summed E-state index contributed by atoms with van der Waals surface area (Å²) in [6.07, 6.45) is 1.41. The maximum atomic E-state index is 11.9. The van der Waals surface area contributed by atoms with E-state index in [4.69, 9.17) is 11.6 Å². The second kappa shape index (κ2) is 8.69. The van der Waals surface area contributed by atoms with Gasteiger partial charge in [0.25, 0.3) is 5.91 Å². The Morgan fingerprint density at radius 1 is 1.12 bits per heavy atom. The molecule has 0 saturated carbocycles. The molecule has 0 bridgehead atoms. The standard InChI is InChI=1S/C17H16ClN3O3/c18-14-7-3-2-6-13(14)17(24)19-10-9-16(23)21-20-11-12-5-1-4-8-15(12)22/h1-8,11,22H,9-10H2,(H,19,24)(H,21,23)/b20-11+. The van der Waals surface area contributed by atoms with E-state index in [1.807, 2.05) is 0 Å². The number of benzene rings is 2. The lowest BCUT2D eigenvalue weighted by Gasteiger charge is -2.06. The molecule has 0 heterocycles. The first-order valence-electron chi connectivity index (χ1n) is 7.20. The number of amides is 2. The van der Waals surface area contributed by atoms with Crippen LogP contribution >= 0.6 is 11.6 Å². The Morgan fingerprint density at radius 3 is 2.58 bits per heavy atom. The minimum Gasteiger partial charge on any atom is -0.507 e. The zero-order valence-electron chi connectivity index (χ0n) is 12.7. The van der Waals surface area contributed by atoms with Gasteiger partial charge in [-0.2, -0.15) is 5.10 Å². The number of hydrazone groups is 1. The molecule has 2 rings (SSSR count). The van der Waals surface area contributed by atoms with Gasteiger partial charge >= 0.3 is 0 Å². The first-order valence-corrected chi connectivity index (χ1v) is 7.58. The zero-order chi connectivity index (χ0) is 17.4. The molecule has 0 saturated heterocycles. The molecule has 0 aliphatic rings. The van der Waals surface area contributed by atoms with E-state index in [1.165, 1.54) is 12.3 Å². The first-order chi connectivity index (χ1) is 11.6. The molecule has 0 spiro atoms. The largest absolute Gasteiger partial charge is 0.507 e. The van der Waals surface area contributed by atoms with Gasteiger partial charge in [-0.05, 0) is 24.3 Å². The van der Waals surface area contributed by atoms with Crippen LogP contribution in [-0.2, 0) is 4.79 Å². The van der Waals surface area contributed by atoms with Crippen LogP contribution in [0.5, 0.6) is 5.75 Å². The van der Waals surface area contributed by atoms with Crippen molar-refractivity contribution < 1.29 is 14.7 Å². The Balaban J connectivity index is 1.75. The molecule has 0 unspecified atom stereocenters. The number of carbonyl (C=O) groups is 2. The summed E-state index contributed by atoms with van der Waals surface area (Å²) in [5.74, 6) is -0.630. The van der Waals surface area contributed by atoms with Crippen molar-refractivity contribution in [3.63, 3.8) is 0 Å². The van der Waals surface area contributed by atoms with E-state index in [9.17, 15) is 14.7 Å². The number of rotatable bonds is 6. The van der Waals surface area contributed by atoms with E-state index in [1.54, 1.807) is 42.5 Å². The molecule has 0 radical (unpaired) electrons. The fourth-order valence-corrected chi connectivity index (χ4v) is 2.08. The number of phenolic OH excluding ortho intramolecular Hbond substituents is 1. The highest BCUT2D eigenvalue weighted by Crippen LogP contribution is 2.14. The maximum absolute atomic E-state index is 11.9. The number of carbonyl (C=O) groups excluding carboxylic acids is 2. The Morgan fingerprint density at radius 2 is 1.83 bits per heavy atom. The number of halogens is 1. The van der Waals surface area contributed by atoms with Crippen LogP contribution in [0.2, 0.25) is 5.02 Å². The normalized spacial score (nSPS) is 10.5. The van der Waals surface area contributed by atoms with Crippen LogP contribution in [0.15, 0.2) is 53.6 Å². The maximum Gasteiger partial charge on any atom is 0.252 e. The summed E-state index contributed by atoms with van der Waals surface area (Å²) in [5.41, 5.74) is 3.17. The topological polar surface area (TPSA) is 90.8 Å². The molecule has 0 aliphatic carbocycles. The second-order valence-electron chi connectivity index (χ2n) is 4.84. The third-order valence-electron chi connectivity index (χ3n) is 3.09. The Kier molecular flexibility index (Phi) is 6.33. The number of aromatic hydroxyl groups is 1. The SMILES string of the molecule is O=C(CCNC(=O)c1ccccc1Cl)N/N=C/c1ccccc1O. The molecule has 6 nitrogen and oxygen atoms in total. The van der Waals surface area contributed by atoms with E-state index >= 15 is 0 Å². The van der Waals surface area contributed by atoms with Crippen LogP contribution in [0, 0.1) is 0 Å². The van der Waals surface area contributed by atoms with Crippen molar-refractivity contribution in [1.82, 2.24) is 10.7 Å². The Bertz CT molecular complexity index is 762. The summed E-state index contributed by atoms with van der Waals surface area (Å²) in [6.45, 7) is 0.155. The summed E-state index contributed by atoms with van der Waals surface area (Å²) >= 11 is 5.92. The number of nitrogens with one attached hydrogen (secondary N) is 2. The van der Waals surface area contributed by atoms with E-state index < -0.39 is 0 Å². The number of hydrogen-bond donors (Lipinski definition) is 3. The average molecular weight is 346 g/mol. The Hall–Kier alpha value is -2.86. The molecule has 2 aromatic carbocycles. The molecule has 3 N–H and O–H groups in total. The van der Waals surface area contributed by atoms with Gasteiger partial charge in [-0.1, -0.05) is 35.9 Å². The van der Waals surface area contributed by atoms with Crippen LogP contribution in [0.4, 0.5) is 0 Å². The van der Waals surface area contributed by atoms with E-state index in [0.29, 0.717) is 16.1 Å². The van der Waals surface area contributed by atoms with Crippen molar-refractivity contribution >= 4 is 29.6 Å². The molecule has 124 valence electrons. The molecule has 2 amide bonds. The number of phenols is 1. The summed E-state index contributed by atoms with van der Waals surface area (Å²) in [6, 6.07) is 13.3. The van der Waals surface area contributed by atoms with Crippen molar-refractivity contribution in [2.75, 3.05) is 6.54 Å². The summed E-state index contributed by atoms with van der Waals surface area (Å²) in [7, 11) is 0. The molecule has 0 fully saturated rings. The molecule has 7 heteroatoms. The van der Waals surface area contributed by atoms with Crippen LogP contribution in [0.25, 0.3) is 0 Å². The van der Waals surface area contributed by atoms with Gasteiger partial charge in [0.1, 0.15) is 5.75 Å². The van der Waals surface area contributed by atoms with Crippen LogP contribution in [-0.4, -0.2) is 29.7 Å². The smallest absolute Gasteiger partial charge is 0.252 e. The van der Waals surface area contributed by atoms with Crippen molar-refractivity contribution in [2.24, 2.45) is 5.10 Å². The van der Waals surface area contributed by atoms with Gasteiger partial charge in [0, 0.05) is 18.5 Å². The predicted octanol–water partition coefficient (Wildman–Crippen LogP) is 2.32. The second-order valence-corrected chi connectivity index (χ2v) is 5.24. The third kappa shape index (κ3) is 5.10. The van der Waals surface area contributed by atoms with E-state index in [-0.39, 0.29) is 30.5 Å². The molecule has 0 aliphatic heterocycles. The van der Waals surface area contributed by atoms with Gasteiger partial charge in [-0.3, -0.25) is 9.59 Å². The molecular weight excluding hydrogens is 330 g/mol. The summed E-state index contributed by atoms with van der Waals surface area (Å²) in [5, 5.41) is 16.3. The van der Waals surface area contributed by atoms with Crippen LogP contribution in [0.1, 0.15) is 22.3 Å². The van der Waals surface area contributed by atoms with E-state index in [2.05, 4.69) is 15.8 Å². The lowest BCUT2D eigenvalue weighted by Crippen LogP contribution is -2.29. The highest BCUT2D eigenvalue weighted by Gasteiger charge is 2.09. The van der Waals surface area contributed by atoms with Gasteiger partial charge in [0.2, 0.25) is 5.91 Å². The van der Waals surface area contributed by atoms with Crippen molar-refractivity contribution in [3.05, 3.63) is 64.7 Å². The monoisotopic (exact) mass is 345 g/mol. The lowest BCUT2D eigenvalue weighted by molar-refractivity contribution is -0.120. The first kappa shape index (κ1) is 17.5. The minimum absolute atomic E-state index is 0.0638. The molecule has 0 atom stereocenters. The van der Waals surface area contributed by atoms with Crippen molar-refractivity contribution in [2.45, 2.75) is 6.42 Å². The zero-order valence-corrected chi connectivity index (χ0v) is 13.5. The summed E-state index contributed by atoms with van der Waals surface area (Å²) in [4.78, 5) is 23.5. The van der Waals surface area contributed by atoms with Gasteiger partial charge in [-0.15, -0.1) is 0 Å². The highest BCUT2D eigenvalue weighted by atomic mass is 35.5. The molecule has 2 aromatic rings. The predicted molar refractivity (Wildman–Crippen MR) is 92.2 cm³/mol. The number of para-hydroxylation sites is 1. The van der Waals surface area contributed by atoms with Gasteiger partial charge in [0.15, 0.2) is 0 Å². The fourth-order valence-electron chi connectivity index (χ4n) is 1.86. The van der Waals surface area contributed by atoms with E-state index in [0.717, 1.165) is 0 Å². The number of nitrogens with zero attached hydrogens (tertiary/aromatic N) is 1. The van der Waals surface area contributed by atoms with Gasteiger partial charge < -0.3 is 10.4 Å². The molecule has 24 heavy (non-hydrogen) atoms. The third-order valence-corrected chi connectivity index (χ3v) is 3.42. The van der Waals surface area contributed by atoms with Gasteiger partial charge in [0.05, 0.1) is 16.8 Å². The van der Waals surface area contributed by atoms with Crippen molar-refractivity contribution in [1.29, 1.82) is 0 Å². The Labute approximate surface area is 144 Å². The number of hydrogen-bond acceptors (Lipinski definition) is 4. The lowest BCUT2D eigenvalue weighted by atomic mass is 10.2. The van der Waals surface area contributed by atoms with Crippen molar-refractivity contribution in [3.8, 4) is 5.75 Å². The van der Waals surface area contributed by atoms with Crippen LogP contribution in [0.3, 0.4) is 0 Å². The average Bonchev–Trinajstić information content (AvgIpc) is 2.57. The fraction of sp³-hybridized carbons (Fsp3) is 0.118.